The maximum atomic E-state index is 13.2. The van der Waals surface area contributed by atoms with Gasteiger partial charge in [0.1, 0.15) is 11.4 Å². The smallest absolute Gasteiger partial charge is 0.456 e. The Hall–Kier alpha value is -2.88. The average molecular weight is 507 g/mol. The van der Waals surface area contributed by atoms with Crippen LogP contribution in [0.3, 0.4) is 0 Å². The normalized spacial score (nSPS) is 20.0. The number of pyridine rings is 1. The summed E-state index contributed by atoms with van der Waals surface area (Å²) in [5, 5.41) is 0. The first-order chi connectivity index (χ1) is 16.9. The van der Waals surface area contributed by atoms with Gasteiger partial charge in [0.05, 0.1) is 24.0 Å². The van der Waals surface area contributed by atoms with Gasteiger partial charge in [0.25, 0.3) is 11.7 Å². The van der Waals surface area contributed by atoms with Gasteiger partial charge in [-0.25, -0.2) is 4.98 Å². The second-order valence-electron chi connectivity index (χ2n) is 10.3. The number of likely N-dealkylation sites (tertiary alicyclic amines) is 1. The van der Waals surface area contributed by atoms with Crippen LogP contribution in [0.25, 0.3) is 0 Å². The zero-order valence-corrected chi connectivity index (χ0v) is 21.1. The average Bonchev–Trinajstić information content (AvgIpc) is 3.28. The van der Waals surface area contributed by atoms with Crippen molar-refractivity contribution >= 4 is 11.7 Å². The molecule has 2 aromatic heterocycles. The lowest BCUT2D eigenvalue weighted by Gasteiger charge is -2.52. The molecule has 0 aromatic carbocycles. The van der Waals surface area contributed by atoms with Crippen molar-refractivity contribution in [3.05, 3.63) is 47.5 Å². The quantitative estimate of drug-likeness (QED) is 0.532. The van der Waals surface area contributed by atoms with Crippen LogP contribution in [0, 0.1) is 5.92 Å². The van der Waals surface area contributed by atoms with Crippen LogP contribution in [-0.2, 0) is 5.54 Å². The number of halogens is 3. The summed E-state index contributed by atoms with van der Waals surface area (Å²) in [6.07, 6.45) is -1.35. The largest absolute Gasteiger partial charge is 0.492 e. The highest BCUT2D eigenvalue weighted by molar-refractivity contribution is 5.99. The number of aromatic nitrogens is 2. The third kappa shape index (κ3) is 4.87. The number of nitrogens with zero attached hydrogens (tertiary/aromatic N) is 4. The monoisotopic (exact) mass is 506 g/mol. The Morgan fingerprint density at radius 2 is 1.86 bits per heavy atom. The zero-order valence-electron chi connectivity index (χ0n) is 21.1. The lowest BCUT2D eigenvalue weighted by molar-refractivity contribution is -0.0894. The van der Waals surface area contributed by atoms with Crippen LogP contribution in [0.1, 0.15) is 72.7 Å². The second kappa shape index (κ2) is 9.88. The molecule has 2 aromatic rings. The predicted octanol–water partition coefficient (Wildman–Crippen LogP) is 4.69. The van der Waals surface area contributed by atoms with Crippen molar-refractivity contribution in [3.8, 4) is 5.75 Å². The van der Waals surface area contributed by atoms with Crippen LogP contribution >= 0.6 is 0 Å². The van der Waals surface area contributed by atoms with Crippen LogP contribution in [0.4, 0.5) is 13.2 Å². The lowest BCUT2D eigenvalue weighted by atomic mass is 9.80. The van der Waals surface area contributed by atoms with Gasteiger partial charge in [-0.3, -0.25) is 14.5 Å². The van der Waals surface area contributed by atoms with E-state index in [1.807, 2.05) is 14.0 Å². The number of piperidine rings is 1. The Labute approximate surface area is 209 Å². The molecule has 0 saturated carbocycles. The van der Waals surface area contributed by atoms with Gasteiger partial charge in [-0.15, -0.1) is 0 Å². The summed E-state index contributed by atoms with van der Waals surface area (Å²) < 4.78 is 46.8. The second-order valence-corrected chi connectivity index (χ2v) is 10.3. The first-order valence-corrected chi connectivity index (χ1v) is 12.4. The van der Waals surface area contributed by atoms with Crippen molar-refractivity contribution in [1.82, 2.24) is 19.4 Å². The highest BCUT2D eigenvalue weighted by Crippen LogP contribution is 2.44. The molecule has 0 radical (unpaired) electrons. The number of ketones is 1. The highest BCUT2D eigenvalue weighted by Gasteiger charge is 2.49. The standard InChI is InChI=1S/C26H33F3N4O3/c1-17(2)9-14-36-19-5-6-20(30-15-19)24(35)32-12-10-25(11-13-32)22-8-7-21(23(34)26(27,28)29)33(22)18(3)16-31(25)4/h5-8,15,17-18H,9-14,16H2,1-4H3. The van der Waals surface area contributed by atoms with E-state index in [9.17, 15) is 22.8 Å². The van der Waals surface area contributed by atoms with Gasteiger partial charge in [-0.2, -0.15) is 13.2 Å². The summed E-state index contributed by atoms with van der Waals surface area (Å²) in [6, 6.07) is 6.05. The summed E-state index contributed by atoms with van der Waals surface area (Å²) in [4.78, 5) is 33.4. The highest BCUT2D eigenvalue weighted by atomic mass is 19.4. The molecule has 2 aliphatic heterocycles. The van der Waals surface area contributed by atoms with Crippen LogP contribution in [0.5, 0.6) is 5.75 Å². The van der Waals surface area contributed by atoms with E-state index in [-0.39, 0.29) is 17.6 Å². The number of amides is 1. The van der Waals surface area contributed by atoms with Gasteiger partial charge in [0, 0.05) is 31.4 Å². The van der Waals surface area contributed by atoms with Crippen molar-refractivity contribution in [2.75, 3.05) is 33.3 Å². The molecule has 1 amide bonds. The van der Waals surface area contributed by atoms with E-state index in [0.717, 1.165) is 6.42 Å². The van der Waals surface area contributed by atoms with E-state index in [0.29, 0.717) is 62.1 Å². The van der Waals surface area contributed by atoms with Gasteiger partial charge in [-0.1, -0.05) is 13.8 Å². The fourth-order valence-electron chi connectivity index (χ4n) is 5.37. The van der Waals surface area contributed by atoms with Crippen LogP contribution in [0.2, 0.25) is 0 Å². The molecule has 1 spiro atoms. The van der Waals surface area contributed by atoms with Crippen LogP contribution < -0.4 is 4.74 Å². The van der Waals surface area contributed by atoms with Gasteiger partial charge in [-0.05, 0) is 63.4 Å². The molecular weight excluding hydrogens is 473 g/mol. The molecule has 1 saturated heterocycles. The fourth-order valence-corrected chi connectivity index (χ4v) is 5.37. The first kappa shape index (κ1) is 26.2. The Kier molecular flexibility index (Phi) is 7.19. The predicted molar refractivity (Wildman–Crippen MR) is 128 cm³/mol. The summed E-state index contributed by atoms with van der Waals surface area (Å²) in [5.74, 6) is -0.857. The third-order valence-electron chi connectivity index (χ3n) is 7.39. The molecule has 1 unspecified atom stereocenters. The number of alkyl halides is 3. The lowest BCUT2D eigenvalue weighted by Crippen LogP contribution is -2.57. The molecule has 1 fully saturated rings. The number of rotatable bonds is 6. The summed E-state index contributed by atoms with van der Waals surface area (Å²) in [6.45, 7) is 8.02. The molecule has 7 nitrogen and oxygen atoms in total. The van der Waals surface area contributed by atoms with E-state index >= 15 is 0 Å². The Morgan fingerprint density at radius 3 is 2.44 bits per heavy atom. The molecule has 0 bridgehead atoms. The molecule has 36 heavy (non-hydrogen) atoms. The maximum absolute atomic E-state index is 13.2. The molecule has 1 atom stereocenters. The van der Waals surface area contributed by atoms with Crippen molar-refractivity contribution in [2.45, 2.75) is 57.8 Å². The maximum Gasteiger partial charge on any atom is 0.456 e. The minimum Gasteiger partial charge on any atom is -0.492 e. The van der Waals surface area contributed by atoms with Crippen LogP contribution in [-0.4, -0.2) is 70.5 Å². The fraction of sp³-hybridized carbons (Fsp3) is 0.577. The number of carbonyl (C=O) groups excluding carboxylic acids is 2. The van der Waals surface area contributed by atoms with Gasteiger partial charge in [0.2, 0.25) is 0 Å². The number of hydrogen-bond acceptors (Lipinski definition) is 5. The van der Waals surface area contributed by atoms with E-state index in [4.69, 9.17) is 4.74 Å². The van der Waals surface area contributed by atoms with E-state index < -0.39 is 17.5 Å². The van der Waals surface area contributed by atoms with Crippen molar-refractivity contribution in [3.63, 3.8) is 0 Å². The molecule has 4 heterocycles. The number of likely N-dealkylation sites (N-methyl/N-ethyl adjacent to an activating group) is 1. The molecule has 0 N–H and O–H groups in total. The number of ether oxygens (including phenoxy) is 1. The molecule has 2 aliphatic rings. The van der Waals surface area contributed by atoms with E-state index in [1.54, 1.807) is 33.9 Å². The molecule has 0 aliphatic carbocycles. The van der Waals surface area contributed by atoms with Crippen molar-refractivity contribution in [2.24, 2.45) is 5.92 Å². The van der Waals surface area contributed by atoms with E-state index in [2.05, 4.69) is 23.7 Å². The van der Waals surface area contributed by atoms with Crippen molar-refractivity contribution < 1.29 is 27.5 Å². The Bertz CT molecular complexity index is 1100. The van der Waals surface area contributed by atoms with Crippen molar-refractivity contribution in [1.29, 1.82) is 0 Å². The van der Waals surface area contributed by atoms with Gasteiger partial charge < -0.3 is 14.2 Å². The Morgan fingerprint density at radius 1 is 1.17 bits per heavy atom. The number of hydrogen-bond donors (Lipinski definition) is 0. The zero-order chi connectivity index (χ0) is 26.3. The number of fused-ring (bicyclic) bond motifs is 2. The third-order valence-corrected chi connectivity index (χ3v) is 7.39. The van der Waals surface area contributed by atoms with E-state index in [1.165, 1.54) is 6.07 Å². The number of carbonyl (C=O) groups is 2. The number of Topliss-reactive ketones (excluding diaryl/α,β-unsaturated/α-hetero) is 1. The molecule has 10 heteroatoms. The summed E-state index contributed by atoms with van der Waals surface area (Å²) >= 11 is 0. The molecule has 4 rings (SSSR count). The first-order valence-electron chi connectivity index (χ1n) is 12.4. The van der Waals surface area contributed by atoms with Crippen LogP contribution in [0.15, 0.2) is 30.5 Å². The van der Waals surface area contributed by atoms with Gasteiger partial charge in [0.15, 0.2) is 0 Å². The topological polar surface area (TPSA) is 67.7 Å². The molecular formula is C26H33F3N4O3. The summed E-state index contributed by atoms with van der Waals surface area (Å²) in [7, 11) is 1.95. The summed E-state index contributed by atoms with van der Waals surface area (Å²) in [5.41, 5.74) is 0.157. The SMILES string of the molecule is CC(C)CCOc1ccc(C(=O)N2CCC3(CC2)c2ccc(C(=O)C(F)(F)F)n2C(C)CN3C)nc1. The molecule has 196 valence electrons. The minimum atomic E-state index is -4.93. The minimum absolute atomic E-state index is 0.186. The Balaban J connectivity index is 1.48. The van der Waals surface area contributed by atoms with Gasteiger partial charge >= 0.3 is 6.18 Å².